The number of hydrogen-bond donors (Lipinski definition) is 1. The molecular weight excluding hydrogens is 276 g/mol. The van der Waals surface area contributed by atoms with Crippen molar-refractivity contribution in [3.63, 3.8) is 0 Å². The SMILES string of the molecule is COc1ccc(CC(=O)N2CC(CN)CC2C)cc1.Cl. The van der Waals surface area contributed by atoms with Gasteiger partial charge < -0.3 is 15.4 Å². The molecule has 112 valence electrons. The zero-order valence-electron chi connectivity index (χ0n) is 12.0. The Bertz CT molecular complexity index is 436. The largest absolute Gasteiger partial charge is 0.497 e. The first-order valence-corrected chi connectivity index (χ1v) is 6.76. The van der Waals surface area contributed by atoms with Gasteiger partial charge in [-0.25, -0.2) is 0 Å². The van der Waals surface area contributed by atoms with E-state index in [0.29, 0.717) is 24.9 Å². The summed E-state index contributed by atoms with van der Waals surface area (Å²) < 4.78 is 5.11. The van der Waals surface area contributed by atoms with E-state index in [9.17, 15) is 4.79 Å². The Labute approximate surface area is 126 Å². The molecule has 5 heteroatoms. The number of nitrogens with two attached hydrogens (primary N) is 1. The third kappa shape index (κ3) is 3.87. The Morgan fingerprint density at radius 2 is 2.05 bits per heavy atom. The lowest BCUT2D eigenvalue weighted by Crippen LogP contribution is -2.35. The number of carbonyl (C=O) groups is 1. The van der Waals surface area contributed by atoms with Gasteiger partial charge in [0, 0.05) is 12.6 Å². The van der Waals surface area contributed by atoms with Crippen molar-refractivity contribution in [2.24, 2.45) is 11.7 Å². The van der Waals surface area contributed by atoms with Gasteiger partial charge >= 0.3 is 0 Å². The van der Waals surface area contributed by atoms with Crippen molar-refractivity contribution in [1.29, 1.82) is 0 Å². The minimum Gasteiger partial charge on any atom is -0.497 e. The molecule has 1 aromatic carbocycles. The van der Waals surface area contributed by atoms with Crippen molar-refractivity contribution in [2.45, 2.75) is 25.8 Å². The second-order valence-corrected chi connectivity index (χ2v) is 5.26. The summed E-state index contributed by atoms with van der Waals surface area (Å²) in [5, 5.41) is 0. The maximum atomic E-state index is 12.3. The van der Waals surface area contributed by atoms with E-state index < -0.39 is 0 Å². The number of rotatable bonds is 4. The lowest BCUT2D eigenvalue weighted by molar-refractivity contribution is -0.131. The van der Waals surface area contributed by atoms with Gasteiger partial charge in [0.15, 0.2) is 0 Å². The summed E-state index contributed by atoms with van der Waals surface area (Å²) >= 11 is 0. The van der Waals surface area contributed by atoms with Gasteiger partial charge in [-0.3, -0.25) is 4.79 Å². The molecule has 1 amide bonds. The fourth-order valence-electron chi connectivity index (χ4n) is 2.68. The number of methoxy groups -OCH3 is 1. The van der Waals surface area contributed by atoms with Crippen LogP contribution in [-0.4, -0.2) is 37.0 Å². The van der Waals surface area contributed by atoms with E-state index >= 15 is 0 Å². The van der Waals surface area contributed by atoms with Crippen molar-refractivity contribution in [3.8, 4) is 5.75 Å². The van der Waals surface area contributed by atoms with Crippen LogP contribution in [0.5, 0.6) is 5.75 Å². The third-order valence-corrected chi connectivity index (χ3v) is 3.83. The first-order valence-electron chi connectivity index (χ1n) is 6.76. The summed E-state index contributed by atoms with van der Waals surface area (Å²) in [5.74, 6) is 1.46. The van der Waals surface area contributed by atoms with E-state index in [0.717, 1.165) is 24.3 Å². The molecule has 1 aliphatic heterocycles. The maximum Gasteiger partial charge on any atom is 0.227 e. The van der Waals surface area contributed by atoms with Crippen molar-refractivity contribution >= 4 is 18.3 Å². The number of benzene rings is 1. The van der Waals surface area contributed by atoms with Gasteiger partial charge in [-0.05, 0) is 43.5 Å². The molecule has 1 fully saturated rings. The van der Waals surface area contributed by atoms with Crippen molar-refractivity contribution in [2.75, 3.05) is 20.2 Å². The molecule has 20 heavy (non-hydrogen) atoms. The molecule has 2 N–H and O–H groups in total. The molecule has 1 heterocycles. The molecule has 2 atom stereocenters. The Morgan fingerprint density at radius 1 is 1.40 bits per heavy atom. The monoisotopic (exact) mass is 298 g/mol. The summed E-state index contributed by atoms with van der Waals surface area (Å²) in [5.41, 5.74) is 6.71. The first-order chi connectivity index (χ1) is 9.13. The molecule has 4 nitrogen and oxygen atoms in total. The lowest BCUT2D eigenvalue weighted by atomic mass is 10.1. The average Bonchev–Trinajstić information content (AvgIpc) is 2.81. The molecule has 2 unspecified atom stereocenters. The summed E-state index contributed by atoms with van der Waals surface area (Å²) in [6.45, 7) is 3.56. The van der Waals surface area contributed by atoms with E-state index in [1.54, 1.807) is 7.11 Å². The zero-order valence-corrected chi connectivity index (χ0v) is 12.9. The second kappa shape index (κ2) is 7.50. The van der Waals surface area contributed by atoms with Gasteiger partial charge in [0.1, 0.15) is 5.75 Å². The third-order valence-electron chi connectivity index (χ3n) is 3.83. The van der Waals surface area contributed by atoms with Crippen LogP contribution in [0.15, 0.2) is 24.3 Å². The quantitative estimate of drug-likeness (QED) is 0.923. The molecule has 1 aromatic rings. The summed E-state index contributed by atoms with van der Waals surface area (Å²) in [4.78, 5) is 14.3. The normalized spacial score (nSPS) is 21.4. The maximum absolute atomic E-state index is 12.3. The first kappa shape index (κ1) is 16.8. The Hall–Kier alpha value is -1.26. The van der Waals surface area contributed by atoms with E-state index in [2.05, 4.69) is 6.92 Å². The molecule has 0 saturated carbocycles. The van der Waals surface area contributed by atoms with Gasteiger partial charge in [0.25, 0.3) is 0 Å². The van der Waals surface area contributed by atoms with Crippen LogP contribution in [0.25, 0.3) is 0 Å². The van der Waals surface area contributed by atoms with Crippen LogP contribution in [0.2, 0.25) is 0 Å². The van der Waals surface area contributed by atoms with E-state index in [4.69, 9.17) is 10.5 Å². The average molecular weight is 299 g/mol. The highest BCUT2D eigenvalue weighted by molar-refractivity contribution is 5.85. The minimum atomic E-state index is 0. The fourth-order valence-corrected chi connectivity index (χ4v) is 2.68. The Balaban J connectivity index is 0.00000200. The predicted octanol–water partition coefficient (Wildman–Crippen LogP) is 1.86. The highest BCUT2D eigenvalue weighted by Gasteiger charge is 2.31. The summed E-state index contributed by atoms with van der Waals surface area (Å²) in [6, 6.07) is 7.96. The Kier molecular flexibility index (Phi) is 6.30. The molecular formula is C15H23ClN2O2. The van der Waals surface area contributed by atoms with E-state index in [1.165, 1.54) is 0 Å². The summed E-state index contributed by atoms with van der Waals surface area (Å²) in [6.07, 6.45) is 1.47. The highest BCUT2D eigenvalue weighted by atomic mass is 35.5. The second-order valence-electron chi connectivity index (χ2n) is 5.26. The van der Waals surface area contributed by atoms with Crippen LogP contribution in [0.4, 0.5) is 0 Å². The van der Waals surface area contributed by atoms with Crippen LogP contribution >= 0.6 is 12.4 Å². The minimum absolute atomic E-state index is 0. The molecule has 0 radical (unpaired) electrons. The smallest absolute Gasteiger partial charge is 0.227 e. The molecule has 0 bridgehead atoms. The van der Waals surface area contributed by atoms with Gasteiger partial charge in [-0.1, -0.05) is 12.1 Å². The molecule has 1 saturated heterocycles. The number of halogens is 1. The van der Waals surface area contributed by atoms with E-state index in [1.807, 2.05) is 29.2 Å². The molecule has 2 rings (SSSR count). The Morgan fingerprint density at radius 3 is 2.55 bits per heavy atom. The fraction of sp³-hybridized carbons (Fsp3) is 0.533. The van der Waals surface area contributed by atoms with Crippen molar-refractivity contribution in [3.05, 3.63) is 29.8 Å². The topological polar surface area (TPSA) is 55.6 Å². The summed E-state index contributed by atoms with van der Waals surface area (Å²) in [7, 11) is 1.64. The molecule has 1 aliphatic rings. The predicted molar refractivity (Wildman–Crippen MR) is 82.3 cm³/mol. The van der Waals surface area contributed by atoms with Crippen molar-refractivity contribution < 1.29 is 9.53 Å². The van der Waals surface area contributed by atoms with Crippen LogP contribution in [0, 0.1) is 5.92 Å². The van der Waals surface area contributed by atoms with Crippen LogP contribution in [0.3, 0.4) is 0 Å². The van der Waals surface area contributed by atoms with Crippen molar-refractivity contribution in [1.82, 2.24) is 4.90 Å². The van der Waals surface area contributed by atoms with Gasteiger partial charge in [-0.2, -0.15) is 0 Å². The van der Waals surface area contributed by atoms with Crippen LogP contribution in [0.1, 0.15) is 18.9 Å². The number of carbonyl (C=O) groups excluding carboxylic acids is 1. The van der Waals surface area contributed by atoms with Gasteiger partial charge in [-0.15, -0.1) is 12.4 Å². The van der Waals surface area contributed by atoms with Crippen LogP contribution < -0.4 is 10.5 Å². The lowest BCUT2D eigenvalue weighted by Gasteiger charge is -2.21. The van der Waals surface area contributed by atoms with Crippen LogP contribution in [-0.2, 0) is 11.2 Å². The number of ether oxygens (including phenoxy) is 1. The number of likely N-dealkylation sites (tertiary alicyclic amines) is 1. The van der Waals surface area contributed by atoms with E-state index in [-0.39, 0.29) is 18.3 Å². The zero-order chi connectivity index (χ0) is 13.8. The molecule has 0 aliphatic carbocycles. The number of hydrogen-bond acceptors (Lipinski definition) is 3. The number of nitrogens with zero attached hydrogens (tertiary/aromatic N) is 1. The van der Waals surface area contributed by atoms with Gasteiger partial charge in [0.05, 0.1) is 13.5 Å². The molecule has 0 spiro atoms. The highest BCUT2D eigenvalue weighted by Crippen LogP contribution is 2.23. The molecule has 0 aromatic heterocycles. The standard InChI is InChI=1S/C15H22N2O2.ClH/c1-11-7-13(9-16)10-17(11)15(18)8-12-3-5-14(19-2)6-4-12;/h3-6,11,13H,7-10,16H2,1-2H3;1H. The van der Waals surface area contributed by atoms with Gasteiger partial charge in [0.2, 0.25) is 5.91 Å². The number of amides is 1.